The molecule has 3 nitrogen and oxygen atoms in total. The van der Waals surface area contributed by atoms with E-state index in [-0.39, 0.29) is 0 Å². The van der Waals surface area contributed by atoms with Crippen molar-refractivity contribution in [3.63, 3.8) is 0 Å². The van der Waals surface area contributed by atoms with Crippen molar-refractivity contribution in [3.8, 4) is 0 Å². The number of nitrogens with one attached hydrogen (secondary N) is 1. The number of nitrogens with zero attached hydrogens (tertiary/aromatic N) is 2. The quantitative estimate of drug-likeness (QED) is 0.700. The number of anilines is 1. The zero-order valence-electron chi connectivity index (χ0n) is 10.5. The normalized spacial score (nSPS) is 10.7. The van der Waals surface area contributed by atoms with Gasteiger partial charge in [0.1, 0.15) is 4.60 Å². The molecule has 2 aromatic heterocycles. The van der Waals surface area contributed by atoms with E-state index in [0.717, 1.165) is 26.9 Å². The predicted octanol–water partition coefficient (Wildman–Crippen LogP) is 4.66. The second kappa shape index (κ2) is 5.77. The predicted molar refractivity (Wildman–Crippen MR) is 86.0 cm³/mol. The first kappa shape index (κ1) is 13.3. The summed E-state index contributed by atoms with van der Waals surface area (Å²) in [7, 11) is 0. The molecule has 5 heteroatoms. The molecule has 1 N–H and O–H groups in total. The molecule has 0 aliphatic carbocycles. The number of benzene rings is 1. The molecular formula is C15H11BrClN3. The van der Waals surface area contributed by atoms with E-state index in [4.69, 9.17) is 11.6 Å². The molecule has 0 fully saturated rings. The van der Waals surface area contributed by atoms with Crippen LogP contribution in [0.3, 0.4) is 0 Å². The Labute approximate surface area is 130 Å². The number of hydrogen-bond acceptors (Lipinski definition) is 3. The van der Waals surface area contributed by atoms with Gasteiger partial charge in [-0.3, -0.25) is 4.98 Å². The van der Waals surface area contributed by atoms with E-state index in [1.54, 1.807) is 6.20 Å². The molecule has 0 aliphatic heterocycles. The molecule has 2 heterocycles. The van der Waals surface area contributed by atoms with Crippen molar-refractivity contribution >= 4 is 44.1 Å². The fraction of sp³-hybridized carbons (Fsp3) is 0.0667. The second-order valence-electron chi connectivity index (χ2n) is 4.30. The topological polar surface area (TPSA) is 37.8 Å². The molecule has 3 aromatic rings. The lowest BCUT2D eigenvalue weighted by Crippen LogP contribution is -2.02. The third-order valence-corrected chi connectivity index (χ3v) is 3.72. The van der Waals surface area contributed by atoms with E-state index in [0.29, 0.717) is 11.6 Å². The summed E-state index contributed by atoms with van der Waals surface area (Å²) in [5, 5.41) is 5.01. The van der Waals surface area contributed by atoms with E-state index in [1.165, 1.54) is 0 Å². The van der Waals surface area contributed by atoms with Crippen molar-refractivity contribution in [2.75, 3.05) is 5.32 Å². The molecule has 0 atom stereocenters. The van der Waals surface area contributed by atoms with Crippen molar-refractivity contribution in [3.05, 3.63) is 64.0 Å². The summed E-state index contributed by atoms with van der Waals surface area (Å²) in [6.07, 6.45) is 1.77. The largest absolute Gasteiger partial charge is 0.378 e. The van der Waals surface area contributed by atoms with Gasteiger partial charge < -0.3 is 5.32 Å². The molecule has 100 valence electrons. The Bertz CT molecular complexity index is 761. The average Bonchev–Trinajstić information content (AvgIpc) is 2.47. The highest BCUT2D eigenvalue weighted by Crippen LogP contribution is 2.28. The van der Waals surface area contributed by atoms with Gasteiger partial charge in [-0.05, 0) is 52.3 Å². The van der Waals surface area contributed by atoms with Gasteiger partial charge in [-0.2, -0.15) is 0 Å². The van der Waals surface area contributed by atoms with Crippen LogP contribution in [0.15, 0.2) is 53.3 Å². The Hall–Kier alpha value is -1.65. The van der Waals surface area contributed by atoms with Gasteiger partial charge in [0.05, 0.1) is 28.5 Å². The second-order valence-corrected chi connectivity index (χ2v) is 5.52. The third-order valence-electron chi connectivity index (χ3n) is 2.95. The fourth-order valence-corrected chi connectivity index (χ4v) is 2.61. The number of fused-ring (bicyclic) bond motifs is 1. The van der Waals surface area contributed by atoms with Gasteiger partial charge in [-0.15, -0.1) is 0 Å². The van der Waals surface area contributed by atoms with E-state index >= 15 is 0 Å². The van der Waals surface area contributed by atoms with Crippen LogP contribution in [0.1, 0.15) is 5.69 Å². The highest BCUT2D eigenvalue weighted by Gasteiger charge is 2.05. The lowest BCUT2D eigenvalue weighted by Gasteiger charge is -2.09. The standard InChI is InChI=1S/C15H11BrClN3/c16-14-5-1-3-10(20-14)9-19-13-7-6-12(17)11-4-2-8-18-15(11)13/h1-8,19H,9H2. The lowest BCUT2D eigenvalue weighted by atomic mass is 10.2. The smallest absolute Gasteiger partial charge is 0.106 e. The number of halogens is 2. The van der Waals surface area contributed by atoms with Crippen LogP contribution in [0, 0.1) is 0 Å². The van der Waals surface area contributed by atoms with Crippen LogP contribution in [0.4, 0.5) is 5.69 Å². The van der Waals surface area contributed by atoms with Gasteiger partial charge in [0, 0.05) is 11.6 Å². The van der Waals surface area contributed by atoms with Gasteiger partial charge >= 0.3 is 0 Å². The molecule has 1 aromatic carbocycles. The van der Waals surface area contributed by atoms with Crippen LogP contribution in [-0.2, 0) is 6.54 Å². The summed E-state index contributed by atoms with van der Waals surface area (Å²) in [4.78, 5) is 8.79. The minimum absolute atomic E-state index is 0.632. The van der Waals surface area contributed by atoms with Gasteiger partial charge in [0.2, 0.25) is 0 Å². The summed E-state index contributed by atoms with van der Waals surface area (Å²) >= 11 is 9.55. The molecule has 0 spiro atoms. The first-order valence-corrected chi connectivity index (χ1v) is 7.30. The zero-order chi connectivity index (χ0) is 13.9. The molecule has 20 heavy (non-hydrogen) atoms. The van der Waals surface area contributed by atoms with Crippen LogP contribution in [0.25, 0.3) is 10.9 Å². The number of rotatable bonds is 3. The summed E-state index contributed by atoms with van der Waals surface area (Å²) in [5.41, 5.74) is 2.78. The summed E-state index contributed by atoms with van der Waals surface area (Å²) in [6.45, 7) is 0.632. The highest BCUT2D eigenvalue weighted by molar-refractivity contribution is 9.10. The maximum atomic E-state index is 6.18. The van der Waals surface area contributed by atoms with Crippen LogP contribution in [0.2, 0.25) is 5.02 Å². The molecular weight excluding hydrogens is 338 g/mol. The van der Waals surface area contributed by atoms with E-state index in [9.17, 15) is 0 Å². The lowest BCUT2D eigenvalue weighted by molar-refractivity contribution is 1.03. The van der Waals surface area contributed by atoms with E-state index in [2.05, 4.69) is 31.2 Å². The first-order valence-electron chi connectivity index (χ1n) is 6.12. The Kier molecular flexibility index (Phi) is 3.85. The Morgan fingerprint density at radius 2 is 2.00 bits per heavy atom. The van der Waals surface area contributed by atoms with Crippen LogP contribution >= 0.6 is 27.5 Å². The summed E-state index contributed by atoms with van der Waals surface area (Å²) in [5.74, 6) is 0. The monoisotopic (exact) mass is 347 g/mol. The molecule has 3 rings (SSSR count). The van der Waals surface area contributed by atoms with Crippen molar-refractivity contribution in [1.82, 2.24) is 9.97 Å². The summed E-state index contributed by atoms with van der Waals surface area (Å²) < 4.78 is 0.830. The third kappa shape index (κ3) is 2.76. The fourth-order valence-electron chi connectivity index (χ4n) is 2.02. The molecule has 0 radical (unpaired) electrons. The Balaban J connectivity index is 1.90. The highest BCUT2D eigenvalue weighted by atomic mass is 79.9. The maximum Gasteiger partial charge on any atom is 0.106 e. The number of aromatic nitrogens is 2. The Morgan fingerprint density at radius 3 is 2.85 bits per heavy atom. The van der Waals surface area contributed by atoms with Crippen LogP contribution < -0.4 is 5.32 Å². The SMILES string of the molecule is Clc1ccc(NCc2cccc(Br)n2)c2ncccc12. The molecule has 0 saturated heterocycles. The zero-order valence-corrected chi connectivity index (χ0v) is 12.8. The molecule has 0 unspecified atom stereocenters. The van der Waals surface area contributed by atoms with E-state index in [1.807, 2.05) is 42.5 Å². The van der Waals surface area contributed by atoms with Crippen LogP contribution in [0.5, 0.6) is 0 Å². The number of pyridine rings is 2. The summed E-state index contributed by atoms with van der Waals surface area (Å²) in [6, 6.07) is 13.5. The number of hydrogen-bond donors (Lipinski definition) is 1. The average molecular weight is 349 g/mol. The van der Waals surface area contributed by atoms with Gasteiger partial charge in [0.15, 0.2) is 0 Å². The maximum absolute atomic E-state index is 6.18. The minimum atomic E-state index is 0.632. The van der Waals surface area contributed by atoms with Crippen molar-refractivity contribution in [1.29, 1.82) is 0 Å². The molecule has 0 bridgehead atoms. The minimum Gasteiger partial charge on any atom is -0.378 e. The van der Waals surface area contributed by atoms with Crippen molar-refractivity contribution in [2.45, 2.75) is 6.54 Å². The van der Waals surface area contributed by atoms with Crippen molar-refractivity contribution < 1.29 is 0 Å². The van der Waals surface area contributed by atoms with Gasteiger partial charge in [-0.1, -0.05) is 17.7 Å². The van der Waals surface area contributed by atoms with E-state index < -0.39 is 0 Å². The molecule has 0 amide bonds. The molecule has 0 aliphatic rings. The first-order chi connectivity index (χ1) is 9.74. The Morgan fingerprint density at radius 1 is 1.10 bits per heavy atom. The van der Waals surface area contributed by atoms with Crippen molar-refractivity contribution in [2.24, 2.45) is 0 Å². The van der Waals surface area contributed by atoms with Gasteiger partial charge in [-0.25, -0.2) is 4.98 Å². The molecule has 0 saturated carbocycles. The van der Waals surface area contributed by atoms with Gasteiger partial charge in [0.25, 0.3) is 0 Å². The van der Waals surface area contributed by atoms with Crippen LogP contribution in [-0.4, -0.2) is 9.97 Å².